The van der Waals surface area contributed by atoms with Crippen LogP contribution in [0.5, 0.6) is 0 Å². The highest BCUT2D eigenvalue weighted by Crippen LogP contribution is 2.40. The molecule has 4 N–H and O–H groups in total. The third-order valence-electron chi connectivity index (χ3n) is 4.26. The minimum absolute atomic E-state index is 0.127. The molecule has 0 aliphatic heterocycles. The van der Waals surface area contributed by atoms with Crippen molar-refractivity contribution in [1.29, 1.82) is 0 Å². The van der Waals surface area contributed by atoms with Gasteiger partial charge in [0.1, 0.15) is 5.82 Å². The minimum atomic E-state index is -0.127. The van der Waals surface area contributed by atoms with Crippen LogP contribution >= 0.6 is 23.5 Å². The molecule has 5 nitrogen and oxygen atoms in total. The molecule has 0 unspecified atom stereocenters. The van der Waals surface area contributed by atoms with Crippen molar-refractivity contribution in [3.8, 4) is 0 Å². The zero-order valence-corrected chi connectivity index (χ0v) is 15.0. The molecule has 1 saturated carbocycles. The van der Waals surface area contributed by atoms with E-state index in [0.29, 0.717) is 16.6 Å². The van der Waals surface area contributed by atoms with Crippen LogP contribution in [0.4, 0.5) is 5.69 Å². The Labute approximate surface area is 154 Å². The molecule has 4 rings (SSSR count). The first kappa shape index (κ1) is 16.4. The van der Waals surface area contributed by atoms with Gasteiger partial charge in [-0.15, -0.1) is 0 Å². The molecule has 1 aliphatic carbocycles. The molecule has 1 aromatic heterocycles. The van der Waals surface area contributed by atoms with Crippen LogP contribution < -0.4 is 10.5 Å². The number of aromatic amines is 1. The van der Waals surface area contributed by atoms with Gasteiger partial charge >= 0.3 is 0 Å². The number of imidazole rings is 1. The van der Waals surface area contributed by atoms with E-state index in [4.69, 9.17) is 16.7 Å². The van der Waals surface area contributed by atoms with E-state index in [1.165, 1.54) is 12.8 Å². The van der Waals surface area contributed by atoms with E-state index in [-0.39, 0.29) is 12.3 Å². The first-order valence-corrected chi connectivity index (χ1v) is 9.33. The van der Waals surface area contributed by atoms with E-state index < -0.39 is 0 Å². The van der Waals surface area contributed by atoms with E-state index in [9.17, 15) is 4.79 Å². The lowest BCUT2D eigenvalue weighted by atomic mass is 10.1. The molecule has 0 saturated heterocycles. The molecule has 7 heteroatoms. The number of nitrogens with zero attached hydrogens (tertiary/aromatic N) is 1. The van der Waals surface area contributed by atoms with Gasteiger partial charge in [0, 0.05) is 16.6 Å². The molecule has 2 aromatic carbocycles. The van der Waals surface area contributed by atoms with Crippen LogP contribution in [0.15, 0.2) is 41.3 Å². The predicted octanol–water partition coefficient (Wildman–Crippen LogP) is 4.24. The number of carbonyl (C=O) groups is 1. The molecule has 3 aromatic rings. The molecule has 0 atom stereocenters. The molecular weight excluding hydrogens is 356 g/mol. The van der Waals surface area contributed by atoms with Gasteiger partial charge in [0.05, 0.1) is 22.3 Å². The molecule has 0 bridgehead atoms. The number of halogens is 1. The number of nitrogens with one attached hydrogen (secondary N) is 2. The van der Waals surface area contributed by atoms with E-state index in [2.05, 4.69) is 15.3 Å². The summed E-state index contributed by atoms with van der Waals surface area (Å²) in [5.41, 5.74) is 3.24. The summed E-state index contributed by atoms with van der Waals surface area (Å²) in [6, 6.07) is 11.1. The number of rotatable bonds is 5. The Bertz CT molecular complexity index is 951. The maximum absolute atomic E-state index is 12.4. The summed E-state index contributed by atoms with van der Waals surface area (Å²) in [5.74, 6) is 1.41. The quantitative estimate of drug-likeness (QED) is 0.585. The largest absolute Gasteiger partial charge is 0.341 e. The number of anilines is 1. The maximum atomic E-state index is 12.4. The molecule has 1 heterocycles. The second-order valence-corrected chi connectivity index (χ2v) is 7.28. The molecule has 25 heavy (non-hydrogen) atoms. The summed E-state index contributed by atoms with van der Waals surface area (Å²) in [5, 5.41) is 9.31. The van der Waals surface area contributed by atoms with Crippen LogP contribution in [0.2, 0.25) is 5.02 Å². The zero-order valence-electron chi connectivity index (χ0n) is 13.4. The van der Waals surface area contributed by atoms with E-state index in [1.54, 1.807) is 6.07 Å². The van der Waals surface area contributed by atoms with E-state index >= 15 is 0 Å². The molecule has 1 amide bonds. The monoisotopic (exact) mass is 372 g/mol. The standard InChI is InChI=1S/C18H17ClN4OS/c19-13-4-2-1-3-11(13)7-16(24)21-12-8-14-17(15(9-12)25-20)23-18(22-14)10-5-6-10/h1-4,8-10H,5-7,20H2,(H,21,24)(H,22,23). The average molecular weight is 373 g/mol. The van der Waals surface area contributed by atoms with Crippen molar-refractivity contribution in [2.75, 3.05) is 5.32 Å². The van der Waals surface area contributed by atoms with E-state index in [1.807, 2.05) is 30.3 Å². The van der Waals surface area contributed by atoms with Gasteiger partial charge in [-0.3, -0.25) is 9.93 Å². The van der Waals surface area contributed by atoms with Crippen molar-refractivity contribution in [2.45, 2.75) is 30.1 Å². The van der Waals surface area contributed by atoms with Crippen LogP contribution in [-0.2, 0) is 11.2 Å². The fourth-order valence-electron chi connectivity index (χ4n) is 2.84. The van der Waals surface area contributed by atoms with Gasteiger partial charge in [0.15, 0.2) is 0 Å². The van der Waals surface area contributed by atoms with Gasteiger partial charge in [0.25, 0.3) is 0 Å². The topological polar surface area (TPSA) is 83.8 Å². The summed E-state index contributed by atoms with van der Waals surface area (Å²) in [6.07, 6.45) is 2.56. The highest BCUT2D eigenvalue weighted by atomic mass is 35.5. The Morgan fingerprint density at radius 2 is 2.16 bits per heavy atom. The highest BCUT2D eigenvalue weighted by Gasteiger charge is 2.27. The van der Waals surface area contributed by atoms with Crippen molar-refractivity contribution >= 4 is 46.2 Å². The van der Waals surface area contributed by atoms with Crippen molar-refractivity contribution in [1.82, 2.24) is 9.97 Å². The summed E-state index contributed by atoms with van der Waals surface area (Å²) in [4.78, 5) is 21.2. The lowest BCUT2D eigenvalue weighted by Crippen LogP contribution is -2.14. The number of amides is 1. The number of fused-ring (bicyclic) bond motifs is 1. The second kappa shape index (κ2) is 6.71. The summed E-state index contributed by atoms with van der Waals surface area (Å²) in [6.45, 7) is 0. The molecule has 128 valence electrons. The summed E-state index contributed by atoms with van der Waals surface area (Å²) >= 11 is 7.27. The molecule has 0 radical (unpaired) electrons. The number of nitrogens with two attached hydrogens (primary N) is 1. The fraction of sp³-hybridized carbons (Fsp3) is 0.222. The lowest BCUT2D eigenvalue weighted by molar-refractivity contribution is -0.115. The molecule has 1 aliphatic rings. The van der Waals surface area contributed by atoms with E-state index in [0.717, 1.165) is 39.3 Å². The number of hydrogen-bond acceptors (Lipinski definition) is 4. The van der Waals surface area contributed by atoms with Gasteiger partial charge in [-0.2, -0.15) is 0 Å². The van der Waals surface area contributed by atoms with Crippen LogP contribution in [0, 0.1) is 0 Å². The fourth-order valence-corrected chi connectivity index (χ4v) is 3.51. The van der Waals surface area contributed by atoms with Crippen molar-refractivity contribution < 1.29 is 4.79 Å². The first-order valence-electron chi connectivity index (χ1n) is 8.07. The van der Waals surface area contributed by atoms with Crippen LogP contribution in [0.3, 0.4) is 0 Å². The number of aromatic nitrogens is 2. The maximum Gasteiger partial charge on any atom is 0.228 e. The smallest absolute Gasteiger partial charge is 0.228 e. The number of carbonyl (C=O) groups excluding carboxylic acids is 1. The van der Waals surface area contributed by atoms with Crippen LogP contribution in [0.1, 0.15) is 30.1 Å². The molecular formula is C18H17ClN4OS. The SMILES string of the molecule is NSc1cc(NC(=O)Cc2ccccc2Cl)cc2nc(C3CC3)[nH]c12. The van der Waals surface area contributed by atoms with Gasteiger partial charge in [-0.25, -0.2) is 4.98 Å². The minimum Gasteiger partial charge on any atom is -0.341 e. The summed E-state index contributed by atoms with van der Waals surface area (Å²) < 4.78 is 0. The van der Waals surface area contributed by atoms with Crippen molar-refractivity contribution in [3.05, 3.63) is 52.8 Å². The third kappa shape index (κ3) is 3.51. The Morgan fingerprint density at radius 3 is 2.88 bits per heavy atom. The second-order valence-electron chi connectivity index (χ2n) is 6.20. The number of H-pyrrole nitrogens is 1. The number of hydrogen-bond donors (Lipinski definition) is 3. The van der Waals surface area contributed by atoms with Crippen molar-refractivity contribution in [2.24, 2.45) is 5.14 Å². The average Bonchev–Trinajstić information content (AvgIpc) is 3.36. The van der Waals surface area contributed by atoms with Gasteiger partial charge < -0.3 is 10.3 Å². The molecule has 1 fully saturated rings. The molecule has 0 spiro atoms. The predicted molar refractivity (Wildman–Crippen MR) is 102 cm³/mol. The normalized spacial score (nSPS) is 14.0. The third-order valence-corrected chi connectivity index (χ3v) is 5.20. The Balaban J connectivity index is 1.58. The number of benzene rings is 2. The van der Waals surface area contributed by atoms with Crippen molar-refractivity contribution in [3.63, 3.8) is 0 Å². The van der Waals surface area contributed by atoms with Crippen LogP contribution in [-0.4, -0.2) is 15.9 Å². The Morgan fingerprint density at radius 1 is 1.36 bits per heavy atom. The Hall–Kier alpha value is -2.02. The highest BCUT2D eigenvalue weighted by molar-refractivity contribution is 7.97. The zero-order chi connectivity index (χ0) is 17.4. The van der Waals surface area contributed by atoms with Gasteiger partial charge in [-0.05, 0) is 48.6 Å². The van der Waals surface area contributed by atoms with Gasteiger partial charge in [0.2, 0.25) is 5.91 Å². The lowest BCUT2D eigenvalue weighted by Gasteiger charge is -2.08. The van der Waals surface area contributed by atoms with Crippen LogP contribution in [0.25, 0.3) is 11.0 Å². The van der Waals surface area contributed by atoms with Gasteiger partial charge in [-0.1, -0.05) is 29.8 Å². The first-order chi connectivity index (χ1) is 12.1. The Kier molecular flexibility index (Phi) is 4.41. The summed E-state index contributed by atoms with van der Waals surface area (Å²) in [7, 11) is 0.